The van der Waals surface area contributed by atoms with Gasteiger partial charge in [-0.3, -0.25) is 4.74 Å². The molecule has 0 aromatic heterocycles. The number of ether oxygens (including phenoxy) is 1. The minimum atomic E-state index is -4.57. The van der Waals surface area contributed by atoms with Gasteiger partial charge in [0.25, 0.3) is 0 Å². The van der Waals surface area contributed by atoms with Crippen molar-refractivity contribution in [3.63, 3.8) is 0 Å². The van der Waals surface area contributed by atoms with Gasteiger partial charge < -0.3 is 10.6 Å². The Hall–Kier alpha value is -1.43. The van der Waals surface area contributed by atoms with Crippen molar-refractivity contribution < 1.29 is 17.9 Å². The minimum absolute atomic E-state index is 0.142. The monoisotopic (exact) mass is 234 g/mol. The van der Waals surface area contributed by atoms with E-state index in [1.807, 2.05) is 0 Å². The first-order chi connectivity index (χ1) is 7.38. The predicted octanol–water partition coefficient (Wildman–Crippen LogP) is 2.24. The zero-order chi connectivity index (χ0) is 12.2. The number of rotatable bonds is 4. The lowest BCUT2D eigenvalue weighted by atomic mass is 10.2. The number of nitrogens with zero attached hydrogens (tertiary/aromatic N) is 1. The third-order valence-electron chi connectivity index (χ3n) is 2.00. The zero-order valence-electron chi connectivity index (χ0n) is 8.79. The van der Waals surface area contributed by atoms with Crippen molar-refractivity contribution in [2.24, 2.45) is 0 Å². The molecule has 3 nitrogen and oxygen atoms in total. The summed E-state index contributed by atoms with van der Waals surface area (Å²) in [6.45, 7) is -0.266. The number of halogens is 3. The van der Waals surface area contributed by atoms with Gasteiger partial charge in [-0.1, -0.05) is 6.07 Å². The molecule has 0 unspecified atom stereocenters. The molecule has 0 aliphatic rings. The van der Waals surface area contributed by atoms with Gasteiger partial charge in [-0.15, -0.1) is 13.2 Å². The number of alkyl halides is 3. The van der Waals surface area contributed by atoms with Gasteiger partial charge in [0.1, 0.15) is 0 Å². The molecule has 6 heteroatoms. The number of likely N-dealkylation sites (N-methyl/N-ethyl adjacent to an activating group) is 1. The van der Waals surface area contributed by atoms with Crippen LogP contribution in [-0.2, 0) is 4.74 Å². The third kappa shape index (κ3) is 4.39. The molecule has 0 atom stereocenters. The lowest BCUT2D eigenvalue weighted by Crippen LogP contribution is -2.26. The molecule has 1 rings (SSSR count). The second-order valence-corrected chi connectivity index (χ2v) is 3.31. The fourth-order valence-corrected chi connectivity index (χ4v) is 1.19. The molecule has 0 saturated heterocycles. The van der Waals surface area contributed by atoms with E-state index in [1.165, 1.54) is 0 Å². The van der Waals surface area contributed by atoms with E-state index in [1.54, 1.807) is 36.2 Å². The highest BCUT2D eigenvalue weighted by atomic mass is 19.4. The van der Waals surface area contributed by atoms with Gasteiger partial charge in [0.2, 0.25) is 0 Å². The van der Waals surface area contributed by atoms with E-state index >= 15 is 0 Å². The van der Waals surface area contributed by atoms with E-state index in [2.05, 4.69) is 4.74 Å². The lowest BCUT2D eigenvalue weighted by Gasteiger charge is -2.19. The second kappa shape index (κ2) is 5.07. The summed E-state index contributed by atoms with van der Waals surface area (Å²) in [5.74, 6) is 0. The van der Waals surface area contributed by atoms with E-state index in [-0.39, 0.29) is 6.54 Å². The molecule has 0 bridgehead atoms. The summed E-state index contributed by atoms with van der Waals surface area (Å²) in [5.41, 5.74) is 6.88. The van der Waals surface area contributed by atoms with Crippen LogP contribution in [0.4, 0.5) is 24.5 Å². The number of anilines is 2. The van der Waals surface area contributed by atoms with Crippen molar-refractivity contribution in [1.29, 1.82) is 0 Å². The maximum atomic E-state index is 11.7. The van der Waals surface area contributed by atoms with Crippen molar-refractivity contribution in [1.82, 2.24) is 0 Å². The molecule has 90 valence electrons. The van der Waals surface area contributed by atoms with E-state index in [9.17, 15) is 13.2 Å². The van der Waals surface area contributed by atoms with Gasteiger partial charge in [0, 0.05) is 25.0 Å². The first-order valence-corrected chi connectivity index (χ1v) is 4.66. The normalized spacial score (nSPS) is 11.5. The maximum absolute atomic E-state index is 11.7. The summed E-state index contributed by atoms with van der Waals surface area (Å²) in [5, 5.41) is 0. The van der Waals surface area contributed by atoms with Crippen LogP contribution in [0.5, 0.6) is 0 Å². The molecule has 2 N–H and O–H groups in total. The topological polar surface area (TPSA) is 38.5 Å². The Morgan fingerprint density at radius 1 is 1.38 bits per heavy atom. The van der Waals surface area contributed by atoms with Crippen LogP contribution >= 0.6 is 0 Å². The van der Waals surface area contributed by atoms with Gasteiger partial charge in [-0.25, -0.2) is 0 Å². The standard InChI is InChI=1S/C10H13F3N2O/c1-15(5-6-16-10(11,12)13)9-4-2-3-8(14)7-9/h2-4,7H,5-6,14H2,1H3. The SMILES string of the molecule is CN(CCOC(F)(F)F)c1cccc(N)c1. The van der Waals surface area contributed by atoms with E-state index in [4.69, 9.17) is 5.73 Å². The summed E-state index contributed by atoms with van der Waals surface area (Å²) in [4.78, 5) is 1.64. The number of hydrogen-bond acceptors (Lipinski definition) is 3. The third-order valence-corrected chi connectivity index (χ3v) is 2.00. The summed E-state index contributed by atoms with van der Waals surface area (Å²) in [6.07, 6.45) is -4.57. The Kier molecular flexibility index (Phi) is 4.00. The van der Waals surface area contributed by atoms with Crippen molar-refractivity contribution in [2.45, 2.75) is 6.36 Å². The molecule has 1 aromatic rings. The van der Waals surface area contributed by atoms with Crippen molar-refractivity contribution >= 4 is 11.4 Å². The smallest absolute Gasteiger partial charge is 0.399 e. The molecule has 16 heavy (non-hydrogen) atoms. The minimum Gasteiger partial charge on any atom is -0.399 e. The molecule has 0 fully saturated rings. The molecule has 0 aliphatic carbocycles. The highest BCUT2D eigenvalue weighted by Crippen LogP contribution is 2.18. The fraction of sp³-hybridized carbons (Fsp3) is 0.400. The molecule has 0 saturated carbocycles. The predicted molar refractivity (Wildman–Crippen MR) is 56.1 cm³/mol. The molecule has 0 amide bonds. The molecule has 0 spiro atoms. The molecule has 0 aliphatic heterocycles. The second-order valence-electron chi connectivity index (χ2n) is 3.31. The van der Waals surface area contributed by atoms with Crippen LogP contribution < -0.4 is 10.6 Å². The van der Waals surface area contributed by atoms with Gasteiger partial charge in [-0.2, -0.15) is 0 Å². The molecular weight excluding hydrogens is 221 g/mol. The highest BCUT2D eigenvalue weighted by molar-refractivity contribution is 5.55. The summed E-state index contributed by atoms with van der Waals surface area (Å²) in [6, 6.07) is 6.91. The first-order valence-electron chi connectivity index (χ1n) is 4.66. The van der Waals surface area contributed by atoms with Crippen LogP contribution in [0.1, 0.15) is 0 Å². The van der Waals surface area contributed by atoms with Crippen LogP contribution in [0.25, 0.3) is 0 Å². The van der Waals surface area contributed by atoms with Gasteiger partial charge >= 0.3 is 6.36 Å². The number of nitrogens with two attached hydrogens (primary N) is 1. The summed E-state index contributed by atoms with van der Waals surface area (Å²) in [7, 11) is 1.68. The molecule has 0 heterocycles. The van der Waals surface area contributed by atoms with Gasteiger partial charge in [0.15, 0.2) is 0 Å². The van der Waals surface area contributed by atoms with E-state index in [0.717, 1.165) is 5.69 Å². The summed E-state index contributed by atoms with van der Waals surface area (Å²) >= 11 is 0. The van der Waals surface area contributed by atoms with Crippen molar-refractivity contribution in [3.8, 4) is 0 Å². The number of benzene rings is 1. The largest absolute Gasteiger partial charge is 0.522 e. The lowest BCUT2D eigenvalue weighted by molar-refractivity contribution is -0.323. The Balaban J connectivity index is 2.44. The Labute approximate surface area is 91.6 Å². The Morgan fingerprint density at radius 2 is 2.06 bits per heavy atom. The fourth-order valence-electron chi connectivity index (χ4n) is 1.19. The number of hydrogen-bond donors (Lipinski definition) is 1. The average molecular weight is 234 g/mol. The zero-order valence-corrected chi connectivity index (χ0v) is 8.79. The van der Waals surface area contributed by atoms with Crippen molar-refractivity contribution in [2.75, 3.05) is 30.8 Å². The molecular formula is C10H13F3N2O. The molecule has 1 aromatic carbocycles. The van der Waals surface area contributed by atoms with E-state index < -0.39 is 13.0 Å². The highest BCUT2D eigenvalue weighted by Gasteiger charge is 2.28. The summed E-state index contributed by atoms with van der Waals surface area (Å²) < 4.78 is 38.8. The first kappa shape index (κ1) is 12.6. The van der Waals surface area contributed by atoms with Crippen LogP contribution in [0, 0.1) is 0 Å². The quantitative estimate of drug-likeness (QED) is 0.812. The van der Waals surface area contributed by atoms with Gasteiger partial charge in [-0.05, 0) is 18.2 Å². The Bertz CT molecular complexity index is 341. The van der Waals surface area contributed by atoms with E-state index in [0.29, 0.717) is 5.69 Å². The van der Waals surface area contributed by atoms with Gasteiger partial charge in [0.05, 0.1) is 6.61 Å². The van der Waals surface area contributed by atoms with Crippen molar-refractivity contribution in [3.05, 3.63) is 24.3 Å². The van der Waals surface area contributed by atoms with Crippen LogP contribution in [-0.4, -0.2) is 26.6 Å². The van der Waals surface area contributed by atoms with Crippen LogP contribution in [0.15, 0.2) is 24.3 Å². The van der Waals surface area contributed by atoms with Crippen LogP contribution in [0.2, 0.25) is 0 Å². The Morgan fingerprint density at radius 3 is 2.62 bits per heavy atom. The van der Waals surface area contributed by atoms with Crippen LogP contribution in [0.3, 0.4) is 0 Å². The number of nitrogen functional groups attached to an aromatic ring is 1. The maximum Gasteiger partial charge on any atom is 0.522 e. The molecule has 0 radical (unpaired) electrons. The average Bonchev–Trinajstić information content (AvgIpc) is 2.15.